The standard InChI is InChI=1S/C24H27NO2/c1-26-22-12-11-19(15-23(22)27-21-9-5-6-10-21)24(16-20(25)17-24)14-13-18-7-3-2-4-8-18/h2-4,7-8,11-12,15,20-21H,5-6,9-10,16-17,25H2,1H3. The molecule has 4 rings (SSSR count). The van der Waals surface area contributed by atoms with Gasteiger partial charge in [0.1, 0.15) is 0 Å². The summed E-state index contributed by atoms with van der Waals surface area (Å²) < 4.78 is 11.8. The Morgan fingerprint density at radius 2 is 1.74 bits per heavy atom. The Morgan fingerprint density at radius 3 is 2.41 bits per heavy atom. The third kappa shape index (κ3) is 3.82. The molecule has 0 unspecified atom stereocenters. The van der Waals surface area contributed by atoms with Gasteiger partial charge in [0.05, 0.1) is 18.6 Å². The van der Waals surface area contributed by atoms with Crippen molar-refractivity contribution in [3.63, 3.8) is 0 Å². The third-order valence-electron chi connectivity index (χ3n) is 5.75. The van der Waals surface area contributed by atoms with Crippen LogP contribution in [0.4, 0.5) is 0 Å². The maximum atomic E-state index is 6.29. The lowest BCUT2D eigenvalue weighted by Gasteiger charge is -2.43. The number of rotatable bonds is 4. The molecule has 0 aromatic heterocycles. The molecule has 2 aromatic carbocycles. The minimum atomic E-state index is -0.199. The van der Waals surface area contributed by atoms with E-state index in [1.54, 1.807) is 7.11 Å². The summed E-state index contributed by atoms with van der Waals surface area (Å²) in [7, 11) is 1.70. The number of benzene rings is 2. The summed E-state index contributed by atoms with van der Waals surface area (Å²) in [6, 6.07) is 16.6. The van der Waals surface area contributed by atoms with Gasteiger partial charge in [-0.2, -0.15) is 0 Å². The second kappa shape index (κ2) is 7.66. The zero-order valence-electron chi connectivity index (χ0n) is 15.9. The average molecular weight is 361 g/mol. The maximum Gasteiger partial charge on any atom is 0.161 e. The summed E-state index contributed by atoms with van der Waals surface area (Å²) >= 11 is 0. The number of nitrogens with two attached hydrogens (primary N) is 1. The number of hydrogen-bond donors (Lipinski definition) is 1. The molecular weight excluding hydrogens is 334 g/mol. The molecule has 0 heterocycles. The van der Waals surface area contributed by atoms with Crippen LogP contribution in [0.1, 0.15) is 49.7 Å². The largest absolute Gasteiger partial charge is 0.493 e. The minimum Gasteiger partial charge on any atom is -0.493 e. The van der Waals surface area contributed by atoms with Crippen molar-refractivity contribution in [3.05, 3.63) is 59.7 Å². The molecule has 140 valence electrons. The highest BCUT2D eigenvalue weighted by Crippen LogP contribution is 2.45. The van der Waals surface area contributed by atoms with Gasteiger partial charge in [0, 0.05) is 11.6 Å². The van der Waals surface area contributed by atoms with Gasteiger partial charge in [-0.05, 0) is 68.4 Å². The van der Waals surface area contributed by atoms with Crippen molar-refractivity contribution in [2.75, 3.05) is 7.11 Å². The number of ether oxygens (including phenoxy) is 2. The highest BCUT2D eigenvalue weighted by atomic mass is 16.5. The minimum absolute atomic E-state index is 0.199. The van der Waals surface area contributed by atoms with Crippen molar-refractivity contribution in [1.29, 1.82) is 0 Å². The molecule has 0 aliphatic heterocycles. The van der Waals surface area contributed by atoms with Crippen molar-refractivity contribution in [2.45, 2.75) is 56.1 Å². The normalized spacial score (nSPS) is 24.6. The molecule has 3 nitrogen and oxygen atoms in total. The lowest BCUT2D eigenvalue weighted by atomic mass is 9.62. The first kappa shape index (κ1) is 17.9. The number of methoxy groups -OCH3 is 1. The molecule has 2 aliphatic carbocycles. The van der Waals surface area contributed by atoms with Crippen LogP contribution in [0.15, 0.2) is 48.5 Å². The fourth-order valence-electron chi connectivity index (χ4n) is 4.21. The van der Waals surface area contributed by atoms with E-state index in [2.05, 4.69) is 24.0 Å². The van der Waals surface area contributed by atoms with Crippen molar-refractivity contribution in [1.82, 2.24) is 0 Å². The van der Waals surface area contributed by atoms with Crippen LogP contribution in [0, 0.1) is 11.8 Å². The van der Waals surface area contributed by atoms with Crippen LogP contribution in [-0.2, 0) is 5.41 Å². The highest BCUT2D eigenvalue weighted by Gasteiger charge is 2.43. The lowest BCUT2D eigenvalue weighted by molar-refractivity contribution is 0.199. The first-order chi connectivity index (χ1) is 13.2. The molecule has 2 saturated carbocycles. The van der Waals surface area contributed by atoms with E-state index in [4.69, 9.17) is 15.2 Å². The molecule has 2 aromatic rings. The predicted octanol–water partition coefficient (Wildman–Crippen LogP) is 4.43. The van der Waals surface area contributed by atoms with E-state index in [1.807, 2.05) is 36.4 Å². The average Bonchev–Trinajstić information content (AvgIpc) is 3.18. The van der Waals surface area contributed by atoms with Gasteiger partial charge in [0.25, 0.3) is 0 Å². The molecule has 2 aliphatic rings. The van der Waals surface area contributed by atoms with Crippen LogP contribution >= 0.6 is 0 Å². The smallest absolute Gasteiger partial charge is 0.161 e. The second-order valence-electron chi connectivity index (χ2n) is 7.76. The van der Waals surface area contributed by atoms with E-state index < -0.39 is 0 Å². The fraction of sp³-hybridized carbons (Fsp3) is 0.417. The van der Waals surface area contributed by atoms with Gasteiger partial charge < -0.3 is 15.2 Å². The third-order valence-corrected chi connectivity index (χ3v) is 5.75. The Kier molecular flexibility index (Phi) is 5.09. The van der Waals surface area contributed by atoms with E-state index >= 15 is 0 Å². The second-order valence-corrected chi connectivity index (χ2v) is 7.76. The SMILES string of the molecule is COc1ccc(C2(C#Cc3ccccc3)CC(N)C2)cc1OC1CCCC1. The summed E-state index contributed by atoms with van der Waals surface area (Å²) in [5, 5.41) is 0. The van der Waals surface area contributed by atoms with Gasteiger partial charge in [0.2, 0.25) is 0 Å². The monoisotopic (exact) mass is 361 g/mol. The van der Waals surface area contributed by atoms with Crippen LogP contribution in [0.25, 0.3) is 0 Å². The molecule has 0 bridgehead atoms. The molecule has 2 fully saturated rings. The first-order valence-electron chi connectivity index (χ1n) is 9.87. The van der Waals surface area contributed by atoms with Crippen LogP contribution in [-0.4, -0.2) is 19.3 Å². The summed E-state index contributed by atoms with van der Waals surface area (Å²) in [5.41, 5.74) is 8.18. The van der Waals surface area contributed by atoms with Crippen molar-refractivity contribution in [2.24, 2.45) is 5.73 Å². The van der Waals surface area contributed by atoms with E-state index in [-0.39, 0.29) is 11.5 Å². The van der Waals surface area contributed by atoms with Crippen molar-refractivity contribution >= 4 is 0 Å². The van der Waals surface area contributed by atoms with Crippen molar-refractivity contribution < 1.29 is 9.47 Å². The van der Waals surface area contributed by atoms with Gasteiger partial charge in [-0.1, -0.05) is 36.1 Å². The summed E-state index contributed by atoms with van der Waals surface area (Å²) in [4.78, 5) is 0. The van der Waals surface area contributed by atoms with Gasteiger partial charge in [0.15, 0.2) is 11.5 Å². The molecule has 0 radical (unpaired) electrons. The Morgan fingerprint density at radius 1 is 1.00 bits per heavy atom. The van der Waals surface area contributed by atoms with Gasteiger partial charge in [-0.3, -0.25) is 0 Å². The lowest BCUT2D eigenvalue weighted by Crippen LogP contribution is -2.48. The van der Waals surface area contributed by atoms with Gasteiger partial charge >= 0.3 is 0 Å². The Bertz CT molecular complexity index is 838. The zero-order valence-corrected chi connectivity index (χ0v) is 15.9. The molecule has 0 amide bonds. The fourth-order valence-corrected chi connectivity index (χ4v) is 4.21. The molecule has 2 N–H and O–H groups in total. The Hall–Kier alpha value is -2.44. The molecule has 27 heavy (non-hydrogen) atoms. The van der Waals surface area contributed by atoms with E-state index in [0.717, 1.165) is 42.7 Å². The summed E-state index contributed by atoms with van der Waals surface area (Å²) in [6.07, 6.45) is 6.78. The summed E-state index contributed by atoms with van der Waals surface area (Å²) in [6.45, 7) is 0. The van der Waals surface area contributed by atoms with Gasteiger partial charge in [-0.15, -0.1) is 0 Å². The van der Waals surface area contributed by atoms with Crippen LogP contribution < -0.4 is 15.2 Å². The molecule has 0 saturated heterocycles. The first-order valence-corrected chi connectivity index (χ1v) is 9.87. The Balaban J connectivity index is 1.65. The maximum absolute atomic E-state index is 6.29. The van der Waals surface area contributed by atoms with Gasteiger partial charge in [-0.25, -0.2) is 0 Å². The van der Waals surface area contributed by atoms with Crippen LogP contribution in [0.3, 0.4) is 0 Å². The zero-order chi connectivity index (χ0) is 18.7. The van der Waals surface area contributed by atoms with Crippen LogP contribution in [0.2, 0.25) is 0 Å². The number of hydrogen-bond acceptors (Lipinski definition) is 3. The van der Waals surface area contributed by atoms with E-state index in [0.29, 0.717) is 6.10 Å². The molecule has 3 heteroatoms. The quantitative estimate of drug-likeness (QED) is 0.820. The molecule has 0 atom stereocenters. The predicted molar refractivity (Wildman–Crippen MR) is 108 cm³/mol. The Labute approximate surface area is 161 Å². The molecular formula is C24H27NO2. The van der Waals surface area contributed by atoms with E-state index in [1.165, 1.54) is 18.4 Å². The van der Waals surface area contributed by atoms with E-state index in [9.17, 15) is 0 Å². The summed E-state index contributed by atoms with van der Waals surface area (Å²) in [5.74, 6) is 8.51. The molecule has 0 spiro atoms. The topological polar surface area (TPSA) is 44.5 Å². The van der Waals surface area contributed by atoms with Crippen LogP contribution in [0.5, 0.6) is 11.5 Å². The van der Waals surface area contributed by atoms with Crippen molar-refractivity contribution in [3.8, 4) is 23.3 Å². The highest BCUT2D eigenvalue weighted by molar-refractivity contribution is 5.51.